The number of ether oxygens (including phenoxy) is 1. The van der Waals surface area contributed by atoms with Crippen molar-refractivity contribution in [2.75, 3.05) is 11.4 Å². The minimum absolute atomic E-state index is 0.119. The number of rotatable bonds is 7. The molecule has 1 aliphatic heterocycles. The molecule has 4 rings (SSSR count). The van der Waals surface area contributed by atoms with Crippen LogP contribution >= 0.6 is 0 Å². The van der Waals surface area contributed by atoms with E-state index in [9.17, 15) is 29.3 Å². The van der Waals surface area contributed by atoms with Crippen molar-refractivity contribution < 1.29 is 28.8 Å². The topological polar surface area (TPSA) is 136 Å². The molecule has 0 radical (unpaired) electrons. The van der Waals surface area contributed by atoms with Crippen LogP contribution in [0.3, 0.4) is 0 Å². The smallest absolute Gasteiger partial charge is 0.325 e. The van der Waals surface area contributed by atoms with Crippen LogP contribution in [0, 0.1) is 10.1 Å². The summed E-state index contributed by atoms with van der Waals surface area (Å²) in [6, 6.07) is 18.0. The van der Waals surface area contributed by atoms with Crippen molar-refractivity contribution >= 4 is 35.1 Å². The number of carbonyl (C=O) groups is 4. The van der Waals surface area contributed by atoms with Gasteiger partial charge in [-0.3, -0.25) is 29.3 Å². The Bertz CT molecular complexity index is 1280. The molecule has 0 bridgehead atoms. The Labute approximate surface area is 192 Å². The molecule has 1 heterocycles. The van der Waals surface area contributed by atoms with Gasteiger partial charge in [-0.15, -0.1) is 0 Å². The van der Waals surface area contributed by atoms with Gasteiger partial charge in [0.05, 0.1) is 21.7 Å². The van der Waals surface area contributed by atoms with Gasteiger partial charge < -0.3 is 10.1 Å². The van der Waals surface area contributed by atoms with Crippen molar-refractivity contribution in [3.63, 3.8) is 0 Å². The first kappa shape index (κ1) is 22.3. The van der Waals surface area contributed by atoms with E-state index in [-0.39, 0.29) is 17.9 Å². The van der Waals surface area contributed by atoms with Crippen molar-refractivity contribution in [2.24, 2.45) is 0 Å². The molecule has 0 fully saturated rings. The number of carbonyl (C=O) groups excluding carboxylic acids is 4. The minimum Gasteiger partial charge on any atom is -0.459 e. The molecule has 10 heteroatoms. The van der Waals surface area contributed by atoms with E-state index < -0.39 is 35.2 Å². The van der Waals surface area contributed by atoms with Crippen LogP contribution in [0.2, 0.25) is 0 Å². The van der Waals surface area contributed by atoms with Crippen molar-refractivity contribution in [1.29, 1.82) is 0 Å². The quantitative estimate of drug-likeness (QED) is 0.248. The molecular weight excluding hydrogens is 442 g/mol. The molecule has 0 saturated heterocycles. The molecule has 3 amide bonds. The molecular formula is C24H17N3O7. The van der Waals surface area contributed by atoms with Crippen LogP contribution in [0.15, 0.2) is 72.8 Å². The lowest BCUT2D eigenvalue weighted by atomic mass is 10.1. The standard InChI is InChI=1S/C24H17N3O7/c28-21(34-14-15-4-3-5-18(12-15)27(32)33)13-25-22(29)16-8-10-17(11-9-16)26-23(30)19-6-1-2-7-20(19)24(26)31/h1-12H,13-14H2,(H,25,29). The van der Waals surface area contributed by atoms with Gasteiger partial charge in [0.2, 0.25) is 0 Å². The molecule has 0 atom stereocenters. The fourth-order valence-corrected chi connectivity index (χ4v) is 3.41. The van der Waals surface area contributed by atoms with E-state index in [1.165, 1.54) is 42.5 Å². The van der Waals surface area contributed by atoms with Crippen LogP contribution < -0.4 is 10.2 Å². The molecule has 34 heavy (non-hydrogen) atoms. The fourth-order valence-electron chi connectivity index (χ4n) is 3.41. The largest absolute Gasteiger partial charge is 0.459 e. The van der Waals surface area contributed by atoms with Gasteiger partial charge in [0.25, 0.3) is 23.4 Å². The Kier molecular flexibility index (Phi) is 6.13. The molecule has 1 N–H and O–H groups in total. The lowest BCUT2D eigenvalue weighted by Crippen LogP contribution is -2.31. The summed E-state index contributed by atoms with van der Waals surface area (Å²) < 4.78 is 5.03. The maximum Gasteiger partial charge on any atom is 0.325 e. The maximum atomic E-state index is 12.6. The van der Waals surface area contributed by atoms with Crippen molar-refractivity contribution in [3.8, 4) is 0 Å². The first-order valence-corrected chi connectivity index (χ1v) is 10.1. The summed E-state index contributed by atoms with van der Waals surface area (Å²) in [5.41, 5.74) is 1.49. The average molecular weight is 459 g/mol. The van der Waals surface area contributed by atoms with Gasteiger partial charge in [-0.25, -0.2) is 4.90 Å². The number of nitrogens with zero attached hydrogens (tertiary/aromatic N) is 2. The van der Waals surface area contributed by atoms with Gasteiger partial charge in [0, 0.05) is 17.7 Å². The van der Waals surface area contributed by atoms with E-state index in [2.05, 4.69) is 5.32 Å². The van der Waals surface area contributed by atoms with Crippen molar-refractivity contribution in [1.82, 2.24) is 5.32 Å². The third-order valence-corrected chi connectivity index (χ3v) is 5.10. The Hall–Kier alpha value is -4.86. The molecule has 170 valence electrons. The summed E-state index contributed by atoms with van der Waals surface area (Å²) in [6.07, 6.45) is 0. The SMILES string of the molecule is O=C(CNC(=O)c1ccc(N2C(=O)c3ccccc3C2=O)cc1)OCc1cccc([N+](=O)[O-])c1. The Balaban J connectivity index is 1.32. The maximum absolute atomic E-state index is 12.6. The fraction of sp³-hybridized carbons (Fsp3) is 0.0833. The number of imide groups is 1. The van der Waals surface area contributed by atoms with Crippen LogP contribution in [0.5, 0.6) is 0 Å². The summed E-state index contributed by atoms with van der Waals surface area (Å²) in [7, 11) is 0. The molecule has 3 aromatic rings. The summed E-state index contributed by atoms with van der Waals surface area (Å²) in [5, 5.41) is 13.2. The van der Waals surface area contributed by atoms with Gasteiger partial charge in [-0.1, -0.05) is 24.3 Å². The zero-order chi connectivity index (χ0) is 24.2. The average Bonchev–Trinajstić information content (AvgIpc) is 3.11. The minimum atomic E-state index is -0.720. The second-order valence-electron chi connectivity index (χ2n) is 7.31. The lowest BCUT2D eigenvalue weighted by Gasteiger charge is -2.14. The highest BCUT2D eigenvalue weighted by molar-refractivity contribution is 6.34. The predicted molar refractivity (Wildman–Crippen MR) is 119 cm³/mol. The highest BCUT2D eigenvalue weighted by atomic mass is 16.6. The van der Waals surface area contributed by atoms with E-state index in [1.54, 1.807) is 30.3 Å². The van der Waals surface area contributed by atoms with Gasteiger partial charge >= 0.3 is 5.97 Å². The number of nitro groups is 1. The summed E-state index contributed by atoms with van der Waals surface area (Å²) in [6.45, 7) is -0.584. The lowest BCUT2D eigenvalue weighted by molar-refractivity contribution is -0.384. The van der Waals surface area contributed by atoms with E-state index in [1.807, 2.05) is 0 Å². The summed E-state index contributed by atoms with van der Waals surface area (Å²) in [4.78, 5) is 60.7. The summed E-state index contributed by atoms with van der Waals surface area (Å²) in [5.74, 6) is -2.16. The molecule has 3 aromatic carbocycles. The summed E-state index contributed by atoms with van der Waals surface area (Å²) >= 11 is 0. The van der Waals surface area contributed by atoms with Gasteiger partial charge in [0.1, 0.15) is 13.2 Å². The molecule has 0 unspecified atom stereocenters. The zero-order valence-electron chi connectivity index (χ0n) is 17.6. The number of nitro benzene ring substituents is 1. The second-order valence-corrected chi connectivity index (χ2v) is 7.31. The van der Waals surface area contributed by atoms with Gasteiger partial charge in [-0.2, -0.15) is 0 Å². The number of benzene rings is 3. The third-order valence-electron chi connectivity index (χ3n) is 5.10. The molecule has 0 saturated carbocycles. The van der Waals surface area contributed by atoms with Crippen molar-refractivity contribution in [3.05, 3.63) is 105 Å². The normalized spacial score (nSPS) is 12.3. The number of amides is 3. The van der Waals surface area contributed by atoms with Crippen LogP contribution in [0.4, 0.5) is 11.4 Å². The second kappa shape index (κ2) is 9.33. The van der Waals surface area contributed by atoms with E-state index >= 15 is 0 Å². The highest BCUT2D eigenvalue weighted by Crippen LogP contribution is 2.28. The molecule has 0 spiro atoms. The zero-order valence-corrected chi connectivity index (χ0v) is 17.6. The Morgan fingerprint density at radius 2 is 1.56 bits per heavy atom. The van der Waals surface area contributed by atoms with Gasteiger partial charge in [-0.05, 0) is 42.0 Å². The molecule has 1 aliphatic rings. The van der Waals surface area contributed by atoms with E-state index in [0.29, 0.717) is 22.4 Å². The number of fused-ring (bicyclic) bond motifs is 1. The van der Waals surface area contributed by atoms with Crippen LogP contribution in [-0.4, -0.2) is 35.2 Å². The first-order valence-electron chi connectivity index (χ1n) is 10.1. The first-order chi connectivity index (χ1) is 16.3. The van der Waals surface area contributed by atoms with E-state index in [4.69, 9.17) is 4.74 Å². The monoisotopic (exact) mass is 459 g/mol. The molecule has 0 aromatic heterocycles. The number of anilines is 1. The Morgan fingerprint density at radius 3 is 2.18 bits per heavy atom. The highest BCUT2D eigenvalue weighted by Gasteiger charge is 2.36. The van der Waals surface area contributed by atoms with Crippen molar-refractivity contribution in [2.45, 2.75) is 6.61 Å². The third kappa shape index (κ3) is 4.51. The molecule has 0 aliphatic carbocycles. The van der Waals surface area contributed by atoms with Gasteiger partial charge in [0.15, 0.2) is 0 Å². The number of non-ortho nitro benzene ring substituents is 1. The predicted octanol–water partition coefficient (Wildman–Crippen LogP) is 2.87. The number of esters is 1. The van der Waals surface area contributed by atoms with Crippen LogP contribution in [-0.2, 0) is 16.1 Å². The number of hydrogen-bond donors (Lipinski definition) is 1. The number of nitrogens with one attached hydrogen (secondary N) is 1. The van der Waals surface area contributed by atoms with E-state index in [0.717, 1.165) is 4.90 Å². The van der Waals surface area contributed by atoms with Crippen LogP contribution in [0.1, 0.15) is 36.6 Å². The number of hydrogen-bond acceptors (Lipinski definition) is 7. The van der Waals surface area contributed by atoms with Crippen LogP contribution in [0.25, 0.3) is 0 Å². The molecule has 10 nitrogen and oxygen atoms in total. The Morgan fingerprint density at radius 1 is 0.912 bits per heavy atom.